The van der Waals surface area contributed by atoms with Gasteiger partial charge in [0, 0.05) is 41.9 Å². The number of aromatic nitrogens is 3. The van der Waals surface area contributed by atoms with Crippen LogP contribution < -0.4 is 10.1 Å². The van der Waals surface area contributed by atoms with Gasteiger partial charge in [-0.3, -0.25) is 4.90 Å². The molecule has 13 heteroatoms. The number of hydrogen-bond acceptors (Lipinski definition) is 9. The number of pyridine rings is 1. The Hall–Kier alpha value is -4.65. The predicted molar refractivity (Wildman–Crippen MR) is 180 cm³/mol. The Morgan fingerprint density at radius 2 is 1.92 bits per heavy atom. The highest BCUT2D eigenvalue weighted by atomic mass is 35.5. The first-order valence-electron chi connectivity index (χ1n) is 15.1. The summed E-state index contributed by atoms with van der Waals surface area (Å²) in [5.74, 6) is -0.207. The molecule has 0 fully saturated rings. The zero-order valence-electron chi connectivity index (χ0n) is 26.1. The molecule has 2 unspecified atom stereocenters. The summed E-state index contributed by atoms with van der Waals surface area (Å²) in [7, 11) is -1.85. The van der Waals surface area contributed by atoms with Crippen LogP contribution in [0.25, 0.3) is 10.9 Å². The first kappa shape index (κ1) is 33.3. The van der Waals surface area contributed by atoms with Crippen molar-refractivity contribution in [2.24, 2.45) is 0 Å². The van der Waals surface area contributed by atoms with Crippen molar-refractivity contribution >= 4 is 43.8 Å². The molecule has 0 radical (unpaired) electrons. The number of nitrogens with one attached hydrogen (secondary N) is 1. The van der Waals surface area contributed by atoms with E-state index in [4.69, 9.17) is 21.1 Å². The van der Waals surface area contributed by atoms with Crippen molar-refractivity contribution in [1.29, 1.82) is 0 Å². The lowest BCUT2D eigenvalue weighted by Crippen LogP contribution is -2.49. The van der Waals surface area contributed by atoms with E-state index in [1.807, 2.05) is 17.9 Å². The molecule has 0 aliphatic carbocycles. The average molecular weight is 692 g/mol. The molecule has 3 aromatic carbocycles. The molecule has 0 amide bonds. The van der Waals surface area contributed by atoms with Gasteiger partial charge in [0.25, 0.3) is 0 Å². The monoisotopic (exact) mass is 691 g/mol. The van der Waals surface area contributed by atoms with Crippen LogP contribution >= 0.6 is 11.6 Å². The SMILES string of the molecule is CC(N(C)CCS(=O)(=O)c1ccccn1)C1(c2cc3c(Nc4ccc(OCc5cccc(F)c5)c(Cl)c4)ncnc3cc2F)CC=CO1. The number of likely N-dealkylation sites (N-methyl/N-ethyl adjacent to an activating group) is 1. The number of benzene rings is 3. The van der Waals surface area contributed by atoms with Crippen LogP contribution in [0.4, 0.5) is 20.3 Å². The lowest BCUT2D eigenvalue weighted by molar-refractivity contribution is -0.0332. The van der Waals surface area contributed by atoms with Crippen molar-refractivity contribution in [3.8, 4) is 5.75 Å². The predicted octanol–water partition coefficient (Wildman–Crippen LogP) is 7.20. The molecule has 0 saturated heterocycles. The van der Waals surface area contributed by atoms with Crippen LogP contribution in [0.15, 0.2) is 103 Å². The van der Waals surface area contributed by atoms with Crippen molar-refractivity contribution in [3.05, 3.63) is 125 Å². The number of anilines is 2. The molecule has 6 rings (SSSR count). The van der Waals surface area contributed by atoms with E-state index in [9.17, 15) is 12.8 Å². The number of halogens is 3. The lowest BCUT2D eigenvalue weighted by atomic mass is 9.83. The Labute approximate surface area is 282 Å². The van der Waals surface area contributed by atoms with Gasteiger partial charge >= 0.3 is 0 Å². The number of rotatable bonds is 12. The molecule has 248 valence electrons. The van der Waals surface area contributed by atoms with Crippen LogP contribution in [-0.4, -0.2) is 53.7 Å². The maximum absolute atomic E-state index is 15.9. The number of nitrogens with zero attached hydrogens (tertiary/aromatic N) is 4. The molecule has 2 aromatic heterocycles. The molecule has 0 saturated carbocycles. The fourth-order valence-corrected chi connectivity index (χ4v) is 7.16. The van der Waals surface area contributed by atoms with Gasteiger partial charge in [0.2, 0.25) is 0 Å². The number of fused-ring (bicyclic) bond motifs is 1. The summed E-state index contributed by atoms with van der Waals surface area (Å²) in [5, 5.41) is 4.12. The van der Waals surface area contributed by atoms with E-state index in [2.05, 4.69) is 20.3 Å². The van der Waals surface area contributed by atoms with Gasteiger partial charge in [0.15, 0.2) is 20.5 Å². The lowest BCUT2D eigenvalue weighted by Gasteiger charge is -2.40. The third kappa shape index (κ3) is 6.96. The first-order chi connectivity index (χ1) is 23.1. The fourth-order valence-electron chi connectivity index (χ4n) is 5.68. The second-order valence-corrected chi connectivity index (χ2v) is 14.0. The van der Waals surface area contributed by atoms with Gasteiger partial charge in [-0.2, -0.15) is 0 Å². The zero-order chi connectivity index (χ0) is 33.9. The molecule has 2 atom stereocenters. The minimum Gasteiger partial charge on any atom is -0.488 e. The van der Waals surface area contributed by atoms with Crippen LogP contribution in [0.3, 0.4) is 0 Å². The quantitative estimate of drug-likeness (QED) is 0.145. The average Bonchev–Trinajstić information content (AvgIpc) is 3.58. The van der Waals surface area contributed by atoms with Crippen LogP contribution in [0.1, 0.15) is 24.5 Å². The molecule has 1 N–H and O–H groups in total. The molecular formula is C35H32ClF2N5O4S. The maximum Gasteiger partial charge on any atom is 0.196 e. The topological polar surface area (TPSA) is 107 Å². The normalized spacial score (nSPS) is 16.6. The Balaban J connectivity index is 1.24. The van der Waals surface area contributed by atoms with E-state index >= 15 is 4.39 Å². The van der Waals surface area contributed by atoms with Crippen molar-refractivity contribution < 1.29 is 26.7 Å². The minimum absolute atomic E-state index is 0.00692. The van der Waals surface area contributed by atoms with Crippen molar-refractivity contribution in [1.82, 2.24) is 19.9 Å². The van der Waals surface area contributed by atoms with Gasteiger partial charge < -0.3 is 14.8 Å². The van der Waals surface area contributed by atoms with E-state index < -0.39 is 27.3 Å². The van der Waals surface area contributed by atoms with E-state index in [-0.39, 0.29) is 35.3 Å². The molecule has 1 aliphatic heterocycles. The van der Waals surface area contributed by atoms with Gasteiger partial charge in [-0.15, -0.1) is 0 Å². The molecule has 9 nitrogen and oxygen atoms in total. The summed E-state index contributed by atoms with van der Waals surface area (Å²) < 4.78 is 67.3. The Morgan fingerprint density at radius 1 is 1.06 bits per heavy atom. The summed E-state index contributed by atoms with van der Waals surface area (Å²) in [6, 6.07) is 18.6. The Bertz CT molecular complexity index is 2080. The van der Waals surface area contributed by atoms with Crippen molar-refractivity contribution in [2.45, 2.75) is 36.6 Å². The Kier molecular flexibility index (Phi) is 9.58. The van der Waals surface area contributed by atoms with E-state index in [1.165, 1.54) is 36.8 Å². The van der Waals surface area contributed by atoms with Gasteiger partial charge in [-0.05, 0) is 74.1 Å². The van der Waals surface area contributed by atoms with Gasteiger partial charge in [-0.1, -0.05) is 29.8 Å². The van der Waals surface area contributed by atoms with E-state index in [1.54, 1.807) is 61.8 Å². The highest BCUT2D eigenvalue weighted by Crippen LogP contribution is 2.43. The second kappa shape index (κ2) is 13.8. The molecule has 1 aliphatic rings. The van der Waals surface area contributed by atoms with E-state index in [0.717, 1.165) is 0 Å². The summed E-state index contributed by atoms with van der Waals surface area (Å²) in [5.41, 5.74) is 0.763. The number of sulfone groups is 1. The molecular weight excluding hydrogens is 660 g/mol. The molecule has 5 aromatic rings. The summed E-state index contributed by atoms with van der Waals surface area (Å²) in [4.78, 5) is 14.6. The summed E-state index contributed by atoms with van der Waals surface area (Å²) in [6.07, 6.45) is 6.50. The fraction of sp³-hybridized carbons (Fsp3) is 0.229. The van der Waals surface area contributed by atoms with Crippen LogP contribution in [0, 0.1) is 11.6 Å². The molecule has 0 spiro atoms. The summed E-state index contributed by atoms with van der Waals surface area (Å²) >= 11 is 6.52. The largest absolute Gasteiger partial charge is 0.488 e. The number of ether oxygens (including phenoxy) is 2. The minimum atomic E-state index is -3.63. The zero-order valence-corrected chi connectivity index (χ0v) is 27.7. The summed E-state index contributed by atoms with van der Waals surface area (Å²) in [6.45, 7) is 2.19. The highest BCUT2D eigenvalue weighted by molar-refractivity contribution is 7.91. The van der Waals surface area contributed by atoms with Gasteiger partial charge in [-0.25, -0.2) is 32.2 Å². The van der Waals surface area contributed by atoms with Crippen molar-refractivity contribution in [2.75, 3.05) is 24.7 Å². The third-order valence-corrected chi connectivity index (χ3v) is 10.4. The highest BCUT2D eigenvalue weighted by Gasteiger charge is 2.45. The first-order valence-corrected chi connectivity index (χ1v) is 17.1. The van der Waals surface area contributed by atoms with Gasteiger partial charge in [0.05, 0.1) is 28.6 Å². The van der Waals surface area contributed by atoms with Crippen LogP contribution in [0.5, 0.6) is 5.75 Å². The third-order valence-electron chi connectivity index (χ3n) is 8.46. The van der Waals surface area contributed by atoms with Crippen LogP contribution in [0.2, 0.25) is 5.02 Å². The number of hydrogen-bond donors (Lipinski definition) is 1. The Morgan fingerprint density at radius 3 is 2.65 bits per heavy atom. The van der Waals surface area contributed by atoms with Gasteiger partial charge in [0.1, 0.15) is 36.1 Å². The molecule has 48 heavy (non-hydrogen) atoms. The van der Waals surface area contributed by atoms with Crippen molar-refractivity contribution in [3.63, 3.8) is 0 Å². The maximum atomic E-state index is 15.9. The molecule has 0 bridgehead atoms. The van der Waals surface area contributed by atoms with Crippen LogP contribution in [-0.2, 0) is 26.8 Å². The standard InChI is InChI=1S/C35H32ClF2N5O4S/c1-23(43(2)14-16-48(44,45)33-9-3-4-13-39-33)35(12-6-15-47-35)28-19-27-31(20-30(28)38)40-22-41-34(27)42-26-10-11-32(29(36)18-26)46-21-24-7-5-8-25(37)17-24/h3-11,13,15,17-20,22-23H,12,14,16,21H2,1-2H3,(H,40,41,42). The van der Waals surface area contributed by atoms with E-state index in [0.29, 0.717) is 45.2 Å². The second-order valence-electron chi connectivity index (χ2n) is 11.5. The molecule has 3 heterocycles. The smallest absolute Gasteiger partial charge is 0.196 e.